The minimum Gasteiger partial charge on any atom is -0.435 e. The maximum absolute atomic E-state index is 12.6. The maximum Gasteiger partial charge on any atom is 0.387 e. The summed E-state index contributed by atoms with van der Waals surface area (Å²) < 4.78 is 58.2. The Balaban J connectivity index is 1.69. The van der Waals surface area contributed by atoms with Gasteiger partial charge in [-0.05, 0) is 48.9 Å². The third-order valence-electron chi connectivity index (χ3n) is 4.35. The number of aryl methyl sites for hydroxylation is 1. The molecule has 0 spiro atoms. The Hall–Kier alpha value is -2.62. The van der Waals surface area contributed by atoms with E-state index < -0.39 is 24.9 Å². The predicted octanol–water partition coefficient (Wildman–Crippen LogP) is 4.84. The van der Waals surface area contributed by atoms with E-state index in [0.29, 0.717) is 10.8 Å². The topological polar surface area (TPSA) is 59.9 Å². The lowest BCUT2D eigenvalue weighted by atomic mass is 9.90. The van der Waals surface area contributed by atoms with Crippen molar-refractivity contribution in [3.63, 3.8) is 0 Å². The molecule has 1 heterocycles. The van der Waals surface area contributed by atoms with Crippen LogP contribution in [0.25, 0.3) is 0 Å². The summed E-state index contributed by atoms with van der Waals surface area (Å²) in [6.45, 7) is -4.10. The Labute approximate surface area is 168 Å². The van der Waals surface area contributed by atoms with Gasteiger partial charge in [0.1, 0.15) is 11.5 Å². The van der Waals surface area contributed by atoms with Gasteiger partial charge in [0.15, 0.2) is 0 Å². The summed E-state index contributed by atoms with van der Waals surface area (Å²) >= 11 is 1.41. The van der Waals surface area contributed by atoms with Crippen LogP contribution in [0.2, 0.25) is 0 Å². The number of hydrogen-bond donors (Lipinski definition) is 1. The number of hydrogen-bond acceptors (Lipinski definition) is 5. The van der Waals surface area contributed by atoms with E-state index in [1.165, 1.54) is 27.8 Å². The molecule has 3 rings (SSSR count). The van der Waals surface area contributed by atoms with E-state index in [9.17, 15) is 22.4 Å². The van der Waals surface area contributed by atoms with Crippen molar-refractivity contribution in [2.45, 2.75) is 39.4 Å². The van der Waals surface area contributed by atoms with Crippen molar-refractivity contribution in [1.82, 2.24) is 5.43 Å². The molecular weight excluding hydrogens is 412 g/mol. The Morgan fingerprint density at radius 2 is 2.00 bits per heavy atom. The van der Waals surface area contributed by atoms with Crippen molar-refractivity contribution in [2.24, 2.45) is 11.0 Å². The van der Waals surface area contributed by atoms with E-state index in [1.54, 1.807) is 0 Å². The molecule has 0 saturated heterocycles. The Morgan fingerprint density at radius 1 is 1.24 bits per heavy atom. The number of nitrogens with zero attached hydrogens (tertiary/aromatic N) is 1. The number of alkyl halides is 4. The van der Waals surface area contributed by atoms with Crippen LogP contribution in [0.3, 0.4) is 0 Å². The molecule has 0 radical (unpaired) electrons. The van der Waals surface area contributed by atoms with E-state index in [4.69, 9.17) is 0 Å². The second-order valence-electron chi connectivity index (χ2n) is 6.56. The summed E-state index contributed by atoms with van der Waals surface area (Å²) in [5.74, 6) is -0.578. The SMILES string of the molecule is C[C@@H]1CCc2sc(C(=O)N/N=C\c3ccc(OC(F)F)cc3OC(F)F)cc2C1. The highest BCUT2D eigenvalue weighted by Gasteiger charge is 2.20. The van der Waals surface area contributed by atoms with Gasteiger partial charge >= 0.3 is 13.2 Å². The monoisotopic (exact) mass is 430 g/mol. The van der Waals surface area contributed by atoms with Crippen molar-refractivity contribution in [1.29, 1.82) is 0 Å². The van der Waals surface area contributed by atoms with Gasteiger partial charge in [-0.1, -0.05) is 6.92 Å². The van der Waals surface area contributed by atoms with Crippen LogP contribution in [0.5, 0.6) is 11.5 Å². The average molecular weight is 430 g/mol. The minimum absolute atomic E-state index is 0.0616. The first kappa shape index (κ1) is 21.1. The number of nitrogens with one attached hydrogen (secondary N) is 1. The zero-order valence-electron chi connectivity index (χ0n) is 15.3. The highest BCUT2D eigenvalue weighted by molar-refractivity contribution is 7.14. The zero-order chi connectivity index (χ0) is 21.0. The molecule has 1 aliphatic carbocycles. The Bertz CT molecular complexity index is 902. The minimum atomic E-state index is -3.17. The van der Waals surface area contributed by atoms with Crippen molar-refractivity contribution >= 4 is 23.5 Å². The third-order valence-corrected chi connectivity index (χ3v) is 5.58. The normalized spacial score (nSPS) is 16.3. The molecule has 1 atom stereocenters. The van der Waals surface area contributed by atoms with Gasteiger partial charge in [0, 0.05) is 16.5 Å². The molecule has 156 valence electrons. The standard InChI is InChI=1S/C19H18F4N2O3S/c1-10-2-5-15-12(6-10)7-16(29-15)17(26)25-24-9-11-3-4-13(27-18(20)21)8-14(11)28-19(22)23/h3-4,7-10,18-19H,2,5-6H2,1H3,(H,25,26)/b24-9-/t10-/m1/s1. The van der Waals surface area contributed by atoms with Gasteiger partial charge in [0.25, 0.3) is 5.91 Å². The number of halogens is 4. The number of fused-ring (bicyclic) bond motifs is 1. The summed E-state index contributed by atoms with van der Waals surface area (Å²) in [6, 6.07) is 5.12. The van der Waals surface area contributed by atoms with E-state index >= 15 is 0 Å². The quantitative estimate of drug-likeness (QED) is 0.389. The first-order valence-electron chi connectivity index (χ1n) is 8.80. The molecular formula is C19H18F4N2O3S. The lowest BCUT2D eigenvalue weighted by Crippen LogP contribution is -2.16. The highest BCUT2D eigenvalue weighted by Crippen LogP contribution is 2.32. The summed E-state index contributed by atoms with van der Waals surface area (Å²) in [4.78, 5) is 14.0. The first-order valence-corrected chi connectivity index (χ1v) is 9.62. The Kier molecular flexibility index (Phi) is 6.73. The van der Waals surface area contributed by atoms with Crippen LogP contribution in [0.4, 0.5) is 17.6 Å². The largest absolute Gasteiger partial charge is 0.435 e. The number of thiophene rings is 1. The second-order valence-corrected chi connectivity index (χ2v) is 7.70. The molecule has 1 amide bonds. The van der Waals surface area contributed by atoms with Crippen LogP contribution in [-0.2, 0) is 12.8 Å². The van der Waals surface area contributed by atoms with Crippen molar-refractivity contribution < 1.29 is 31.8 Å². The fourth-order valence-corrected chi connectivity index (χ4v) is 4.13. The number of carbonyl (C=O) groups excluding carboxylic acids is 1. The van der Waals surface area contributed by atoms with Gasteiger partial charge in [-0.25, -0.2) is 5.43 Å². The smallest absolute Gasteiger partial charge is 0.387 e. The fraction of sp³-hybridized carbons (Fsp3) is 0.368. The van der Waals surface area contributed by atoms with Gasteiger partial charge in [-0.3, -0.25) is 4.79 Å². The molecule has 0 bridgehead atoms. The van der Waals surface area contributed by atoms with Crippen LogP contribution in [-0.4, -0.2) is 25.3 Å². The lowest BCUT2D eigenvalue weighted by molar-refractivity contribution is -0.0543. The average Bonchev–Trinajstić information content (AvgIpc) is 3.05. The molecule has 10 heteroatoms. The van der Waals surface area contributed by atoms with Crippen LogP contribution < -0.4 is 14.9 Å². The fourth-order valence-electron chi connectivity index (χ4n) is 3.03. The second kappa shape index (κ2) is 9.25. The highest BCUT2D eigenvalue weighted by atomic mass is 32.1. The van der Waals surface area contributed by atoms with Gasteiger partial charge in [0.05, 0.1) is 11.1 Å². The van der Waals surface area contributed by atoms with Crippen molar-refractivity contribution in [2.75, 3.05) is 0 Å². The lowest BCUT2D eigenvalue weighted by Gasteiger charge is -2.16. The van der Waals surface area contributed by atoms with Crippen LogP contribution in [0, 0.1) is 5.92 Å². The van der Waals surface area contributed by atoms with Gasteiger partial charge < -0.3 is 9.47 Å². The molecule has 5 nitrogen and oxygen atoms in total. The first-order chi connectivity index (χ1) is 13.8. The Morgan fingerprint density at radius 3 is 2.72 bits per heavy atom. The number of carbonyl (C=O) groups is 1. The number of rotatable bonds is 7. The van der Waals surface area contributed by atoms with Gasteiger partial charge in [-0.2, -0.15) is 22.7 Å². The van der Waals surface area contributed by atoms with E-state index in [0.717, 1.165) is 37.6 Å². The van der Waals surface area contributed by atoms with Crippen molar-refractivity contribution in [3.05, 3.63) is 45.1 Å². The molecule has 0 fully saturated rings. The maximum atomic E-state index is 12.6. The number of benzene rings is 1. The van der Waals surface area contributed by atoms with Crippen LogP contribution >= 0.6 is 11.3 Å². The van der Waals surface area contributed by atoms with Crippen LogP contribution in [0.15, 0.2) is 29.4 Å². The number of ether oxygens (including phenoxy) is 2. The molecule has 1 aliphatic rings. The number of hydrazone groups is 1. The molecule has 2 aromatic rings. The molecule has 0 aliphatic heterocycles. The van der Waals surface area contributed by atoms with Crippen molar-refractivity contribution in [3.8, 4) is 11.5 Å². The summed E-state index contributed by atoms with van der Waals surface area (Å²) in [6.07, 6.45) is 4.06. The molecule has 1 aromatic carbocycles. The van der Waals surface area contributed by atoms with Gasteiger partial charge in [-0.15, -0.1) is 11.3 Å². The molecule has 1 N–H and O–H groups in total. The molecule has 29 heavy (non-hydrogen) atoms. The molecule has 1 aromatic heterocycles. The third kappa shape index (κ3) is 5.69. The summed E-state index contributed by atoms with van der Waals surface area (Å²) in [5.41, 5.74) is 3.57. The van der Waals surface area contributed by atoms with E-state index in [1.807, 2.05) is 6.07 Å². The predicted molar refractivity (Wildman–Crippen MR) is 100 cm³/mol. The number of amides is 1. The van der Waals surface area contributed by atoms with E-state index in [2.05, 4.69) is 26.9 Å². The van der Waals surface area contributed by atoms with E-state index in [-0.39, 0.29) is 11.3 Å². The summed E-state index contributed by atoms with van der Waals surface area (Å²) in [7, 11) is 0. The van der Waals surface area contributed by atoms with Crippen LogP contribution in [0.1, 0.15) is 39.0 Å². The molecule has 0 saturated carbocycles. The molecule has 0 unspecified atom stereocenters. The zero-order valence-corrected chi connectivity index (χ0v) is 16.1. The van der Waals surface area contributed by atoms with Gasteiger partial charge in [0.2, 0.25) is 0 Å². The summed E-state index contributed by atoms with van der Waals surface area (Å²) in [5, 5.41) is 3.77.